The van der Waals surface area contributed by atoms with Crippen LogP contribution in [-0.4, -0.2) is 42.1 Å². The van der Waals surface area contributed by atoms with Crippen molar-refractivity contribution in [1.82, 2.24) is 4.90 Å². The molecule has 1 amide bonds. The van der Waals surface area contributed by atoms with E-state index in [-0.39, 0.29) is 30.0 Å². The van der Waals surface area contributed by atoms with Gasteiger partial charge in [0, 0.05) is 6.54 Å². The summed E-state index contributed by atoms with van der Waals surface area (Å²) in [5.74, 6) is 0.319. The Morgan fingerprint density at radius 2 is 2.18 bits per heavy atom. The van der Waals surface area contributed by atoms with Gasteiger partial charge in [-0.3, -0.25) is 4.79 Å². The van der Waals surface area contributed by atoms with Gasteiger partial charge >= 0.3 is 0 Å². The Morgan fingerprint density at radius 1 is 1.53 bits per heavy atom. The quantitative estimate of drug-likeness (QED) is 0.810. The molecule has 1 fully saturated rings. The summed E-state index contributed by atoms with van der Waals surface area (Å²) in [5, 5.41) is 0. The minimum Gasteiger partial charge on any atom is -0.375 e. The first-order valence-corrected chi connectivity index (χ1v) is 6.68. The smallest absolute Gasteiger partial charge is 0.240 e. The van der Waals surface area contributed by atoms with Crippen LogP contribution in [0.25, 0.3) is 0 Å². The van der Waals surface area contributed by atoms with E-state index in [1.54, 1.807) is 0 Å². The lowest BCUT2D eigenvalue weighted by molar-refractivity contribution is -0.146. The SMILES string of the molecule is CCC1COC(C)CN1C(=O)[C@H](N)[C@H](C)CC. The highest BCUT2D eigenvalue weighted by Crippen LogP contribution is 2.18. The van der Waals surface area contributed by atoms with Crippen LogP contribution < -0.4 is 5.73 Å². The number of carbonyl (C=O) groups is 1. The monoisotopic (exact) mass is 242 g/mol. The molecule has 4 atom stereocenters. The van der Waals surface area contributed by atoms with Gasteiger partial charge in [-0.15, -0.1) is 0 Å². The van der Waals surface area contributed by atoms with Gasteiger partial charge in [0.2, 0.25) is 5.91 Å². The highest BCUT2D eigenvalue weighted by Gasteiger charge is 2.33. The number of nitrogens with zero attached hydrogens (tertiary/aromatic N) is 1. The van der Waals surface area contributed by atoms with E-state index >= 15 is 0 Å². The zero-order chi connectivity index (χ0) is 13.0. The van der Waals surface area contributed by atoms with Crippen molar-refractivity contribution in [3.8, 4) is 0 Å². The summed E-state index contributed by atoms with van der Waals surface area (Å²) in [5.41, 5.74) is 6.03. The molecule has 2 unspecified atom stereocenters. The molecule has 100 valence electrons. The molecule has 1 aliphatic rings. The number of carbonyl (C=O) groups excluding carboxylic acids is 1. The fourth-order valence-corrected chi connectivity index (χ4v) is 2.14. The highest BCUT2D eigenvalue weighted by atomic mass is 16.5. The number of hydrogen-bond acceptors (Lipinski definition) is 3. The first kappa shape index (κ1) is 14.5. The normalized spacial score (nSPS) is 28.9. The molecule has 0 aromatic heterocycles. The fourth-order valence-electron chi connectivity index (χ4n) is 2.14. The zero-order valence-electron chi connectivity index (χ0n) is 11.5. The summed E-state index contributed by atoms with van der Waals surface area (Å²) in [6, 6.07) is -0.187. The maximum atomic E-state index is 12.4. The molecule has 0 saturated carbocycles. The predicted molar refractivity (Wildman–Crippen MR) is 68.6 cm³/mol. The first-order valence-electron chi connectivity index (χ1n) is 6.68. The van der Waals surface area contributed by atoms with Crippen molar-refractivity contribution in [3.63, 3.8) is 0 Å². The largest absolute Gasteiger partial charge is 0.375 e. The summed E-state index contributed by atoms with van der Waals surface area (Å²) in [6.45, 7) is 9.49. The summed E-state index contributed by atoms with van der Waals surface area (Å²) in [7, 11) is 0. The molecule has 1 aliphatic heterocycles. The second kappa shape index (κ2) is 6.36. The van der Waals surface area contributed by atoms with Gasteiger partial charge in [-0.25, -0.2) is 0 Å². The predicted octanol–water partition coefficient (Wildman–Crippen LogP) is 1.39. The Balaban J connectivity index is 2.70. The van der Waals surface area contributed by atoms with E-state index in [0.29, 0.717) is 13.2 Å². The molecule has 1 heterocycles. The summed E-state index contributed by atoms with van der Waals surface area (Å²) < 4.78 is 5.59. The van der Waals surface area contributed by atoms with Crippen LogP contribution in [0, 0.1) is 5.92 Å². The van der Waals surface area contributed by atoms with Crippen LogP contribution in [-0.2, 0) is 9.53 Å². The van der Waals surface area contributed by atoms with Crippen LogP contribution in [0.3, 0.4) is 0 Å². The molecule has 2 N–H and O–H groups in total. The van der Waals surface area contributed by atoms with E-state index in [9.17, 15) is 4.79 Å². The molecule has 0 radical (unpaired) electrons. The van der Waals surface area contributed by atoms with Gasteiger partial charge in [-0.2, -0.15) is 0 Å². The van der Waals surface area contributed by atoms with Crippen molar-refractivity contribution in [2.24, 2.45) is 11.7 Å². The van der Waals surface area contributed by atoms with Crippen LogP contribution in [0.2, 0.25) is 0 Å². The molecule has 4 nitrogen and oxygen atoms in total. The van der Waals surface area contributed by atoms with Crippen LogP contribution >= 0.6 is 0 Å². The summed E-state index contributed by atoms with van der Waals surface area (Å²) >= 11 is 0. The van der Waals surface area contributed by atoms with Crippen molar-refractivity contribution < 1.29 is 9.53 Å². The number of nitrogens with two attached hydrogens (primary N) is 1. The molecule has 17 heavy (non-hydrogen) atoms. The van der Waals surface area contributed by atoms with Gasteiger partial charge in [-0.1, -0.05) is 27.2 Å². The lowest BCUT2D eigenvalue weighted by Gasteiger charge is -2.40. The minimum atomic E-state index is -0.376. The number of rotatable bonds is 4. The van der Waals surface area contributed by atoms with E-state index in [4.69, 9.17) is 10.5 Å². The second-order valence-electron chi connectivity index (χ2n) is 5.11. The molecule has 0 bridgehead atoms. The van der Waals surface area contributed by atoms with Gasteiger partial charge in [0.1, 0.15) is 0 Å². The third-order valence-electron chi connectivity index (χ3n) is 3.76. The number of hydrogen-bond donors (Lipinski definition) is 1. The van der Waals surface area contributed by atoms with Crippen molar-refractivity contribution in [2.45, 2.75) is 58.7 Å². The van der Waals surface area contributed by atoms with Gasteiger partial charge in [-0.05, 0) is 19.3 Å². The van der Waals surface area contributed by atoms with E-state index in [2.05, 4.69) is 13.8 Å². The maximum absolute atomic E-state index is 12.4. The van der Waals surface area contributed by atoms with Crippen molar-refractivity contribution in [2.75, 3.05) is 13.2 Å². The van der Waals surface area contributed by atoms with Gasteiger partial charge in [0.05, 0.1) is 24.8 Å². The third kappa shape index (κ3) is 3.42. The molecule has 1 saturated heterocycles. The fraction of sp³-hybridized carbons (Fsp3) is 0.923. The lowest BCUT2D eigenvalue weighted by atomic mass is 9.97. The highest BCUT2D eigenvalue weighted by molar-refractivity contribution is 5.82. The van der Waals surface area contributed by atoms with Crippen LogP contribution in [0.5, 0.6) is 0 Å². The number of morpholine rings is 1. The van der Waals surface area contributed by atoms with Gasteiger partial charge < -0.3 is 15.4 Å². The molecule has 4 heteroatoms. The summed E-state index contributed by atoms with van der Waals surface area (Å²) in [6.07, 6.45) is 1.97. The molecule has 0 aliphatic carbocycles. The average molecular weight is 242 g/mol. The Morgan fingerprint density at radius 3 is 2.71 bits per heavy atom. The minimum absolute atomic E-state index is 0.0846. The molecular weight excluding hydrogens is 216 g/mol. The van der Waals surface area contributed by atoms with E-state index in [1.807, 2.05) is 18.7 Å². The Hall–Kier alpha value is -0.610. The van der Waals surface area contributed by atoms with E-state index in [0.717, 1.165) is 12.8 Å². The Kier molecular flexibility index (Phi) is 5.40. The molecule has 0 aromatic carbocycles. The van der Waals surface area contributed by atoms with Gasteiger partial charge in [0.15, 0.2) is 0 Å². The van der Waals surface area contributed by atoms with Crippen LogP contribution in [0.15, 0.2) is 0 Å². The standard InChI is InChI=1S/C13H26N2O2/c1-5-9(3)12(14)13(16)15-7-10(4)17-8-11(15)6-2/h9-12H,5-8,14H2,1-4H3/t9-,10?,11?,12-/m1/s1. The van der Waals surface area contributed by atoms with Crippen molar-refractivity contribution in [1.29, 1.82) is 0 Å². The van der Waals surface area contributed by atoms with Crippen molar-refractivity contribution >= 4 is 5.91 Å². The van der Waals surface area contributed by atoms with Gasteiger partial charge in [0.25, 0.3) is 0 Å². The van der Waals surface area contributed by atoms with E-state index in [1.165, 1.54) is 0 Å². The molecule has 0 spiro atoms. The Labute approximate surface area is 104 Å². The molecule has 0 aromatic rings. The zero-order valence-corrected chi connectivity index (χ0v) is 11.5. The third-order valence-corrected chi connectivity index (χ3v) is 3.76. The van der Waals surface area contributed by atoms with Crippen LogP contribution in [0.1, 0.15) is 40.5 Å². The first-order chi connectivity index (χ1) is 8.01. The average Bonchev–Trinajstić information content (AvgIpc) is 2.35. The van der Waals surface area contributed by atoms with E-state index < -0.39 is 0 Å². The molecule has 1 rings (SSSR count). The maximum Gasteiger partial charge on any atom is 0.240 e. The van der Waals surface area contributed by atoms with Crippen molar-refractivity contribution in [3.05, 3.63) is 0 Å². The van der Waals surface area contributed by atoms with Crippen LogP contribution in [0.4, 0.5) is 0 Å². The summed E-state index contributed by atoms with van der Waals surface area (Å²) in [4.78, 5) is 14.3. The lowest BCUT2D eigenvalue weighted by Crippen LogP contribution is -2.57. The second-order valence-corrected chi connectivity index (χ2v) is 5.11. The number of amides is 1. The molecular formula is C13H26N2O2. The number of ether oxygens (including phenoxy) is 1. The Bertz CT molecular complexity index is 258. The topological polar surface area (TPSA) is 55.6 Å².